The van der Waals surface area contributed by atoms with E-state index in [2.05, 4.69) is 23.5 Å². The molecular formula is C31H41FN2O6S. The van der Waals surface area contributed by atoms with Crippen LogP contribution in [0.5, 0.6) is 5.75 Å². The molecule has 2 aliphatic heterocycles. The number of sulfonamides is 1. The monoisotopic (exact) mass is 588 g/mol. The molecular weight excluding hydrogens is 547 g/mol. The number of halogens is 1. The number of rotatable bonds is 11. The van der Waals surface area contributed by atoms with Crippen molar-refractivity contribution >= 4 is 27.5 Å². The van der Waals surface area contributed by atoms with Gasteiger partial charge in [0.2, 0.25) is 0 Å². The zero-order valence-corrected chi connectivity index (χ0v) is 25.1. The molecule has 5 rings (SSSR count). The third-order valence-electron chi connectivity index (χ3n) is 8.55. The van der Waals surface area contributed by atoms with Crippen LogP contribution in [0.4, 0.5) is 10.1 Å². The maximum absolute atomic E-state index is 14.2. The first kappa shape index (κ1) is 31.0. The summed E-state index contributed by atoms with van der Waals surface area (Å²) in [6, 6.07) is 6.33. The van der Waals surface area contributed by atoms with Gasteiger partial charge in [-0.15, -0.1) is 0 Å². The van der Waals surface area contributed by atoms with Crippen molar-refractivity contribution in [3.63, 3.8) is 0 Å². The van der Waals surface area contributed by atoms with Crippen molar-refractivity contribution in [2.24, 2.45) is 17.8 Å². The summed E-state index contributed by atoms with van der Waals surface area (Å²) in [5.74, 6) is -0.450. The highest BCUT2D eigenvalue weighted by Gasteiger charge is 2.45. The summed E-state index contributed by atoms with van der Waals surface area (Å²) < 4.78 is 49.1. The van der Waals surface area contributed by atoms with Crippen molar-refractivity contribution in [2.75, 3.05) is 31.0 Å². The summed E-state index contributed by atoms with van der Waals surface area (Å²) in [4.78, 5) is 27.2. The highest BCUT2D eigenvalue weighted by Crippen LogP contribution is 2.55. The molecule has 0 spiro atoms. The van der Waals surface area contributed by atoms with Gasteiger partial charge in [-0.2, -0.15) is 0 Å². The number of likely N-dealkylation sites (tertiary alicyclic amines) is 1. The number of carbonyl (C=O) groups excluding carboxylic acids is 1. The number of ether oxygens (including phenoxy) is 1. The van der Waals surface area contributed by atoms with E-state index in [1.165, 1.54) is 6.07 Å². The van der Waals surface area contributed by atoms with Crippen LogP contribution in [0.25, 0.3) is 0 Å². The Kier molecular flexibility index (Phi) is 9.74. The molecule has 10 heteroatoms. The lowest BCUT2D eigenvalue weighted by molar-refractivity contribution is -0.118. The second-order valence-corrected chi connectivity index (χ2v) is 12.8. The van der Waals surface area contributed by atoms with E-state index < -0.39 is 21.8 Å². The van der Waals surface area contributed by atoms with Crippen LogP contribution in [-0.4, -0.2) is 56.4 Å². The zero-order chi connectivity index (χ0) is 29.9. The summed E-state index contributed by atoms with van der Waals surface area (Å²) in [5.41, 5.74) is 0.441. The number of nitrogens with zero attached hydrogens (tertiary/aromatic N) is 1. The Morgan fingerprint density at radius 2 is 1.98 bits per heavy atom. The van der Waals surface area contributed by atoms with Crippen LogP contribution in [0.2, 0.25) is 0 Å². The van der Waals surface area contributed by atoms with E-state index in [4.69, 9.17) is 4.74 Å². The molecule has 41 heavy (non-hydrogen) atoms. The molecule has 3 aliphatic rings. The minimum Gasteiger partial charge on any atom is -0.492 e. The fourth-order valence-electron chi connectivity index (χ4n) is 6.03. The summed E-state index contributed by atoms with van der Waals surface area (Å²) in [7, 11) is -4.34. The molecule has 0 radical (unpaired) electrons. The van der Waals surface area contributed by atoms with Gasteiger partial charge in [-0.3, -0.25) is 9.52 Å². The van der Waals surface area contributed by atoms with Gasteiger partial charge in [-0.1, -0.05) is 33.8 Å². The molecule has 2 N–H and O–H groups in total. The quantitative estimate of drug-likeness (QED) is 0.345. The Morgan fingerprint density at radius 3 is 2.66 bits per heavy atom. The Morgan fingerprint density at radius 1 is 1.22 bits per heavy atom. The van der Waals surface area contributed by atoms with Crippen LogP contribution in [0.3, 0.4) is 0 Å². The van der Waals surface area contributed by atoms with Crippen molar-refractivity contribution in [3.8, 4) is 5.75 Å². The fraction of sp³-hybridized carbons (Fsp3) is 0.548. The first-order valence-electron chi connectivity index (χ1n) is 14.7. The van der Waals surface area contributed by atoms with Crippen LogP contribution in [0, 0.1) is 23.6 Å². The molecule has 0 amide bonds. The van der Waals surface area contributed by atoms with E-state index in [1.807, 2.05) is 13.8 Å². The number of benzene rings is 2. The number of carboxylic acid groups (broad SMARTS) is 1. The largest absolute Gasteiger partial charge is 0.492 e. The minimum atomic E-state index is -4.34. The summed E-state index contributed by atoms with van der Waals surface area (Å²) in [6.45, 7) is 11.8. The van der Waals surface area contributed by atoms with Gasteiger partial charge in [-0.05, 0) is 85.5 Å². The second-order valence-electron chi connectivity index (χ2n) is 11.2. The second kappa shape index (κ2) is 12.9. The highest BCUT2D eigenvalue weighted by atomic mass is 32.2. The van der Waals surface area contributed by atoms with Crippen molar-refractivity contribution in [1.82, 2.24) is 4.90 Å². The van der Waals surface area contributed by atoms with Crippen molar-refractivity contribution < 1.29 is 32.2 Å². The van der Waals surface area contributed by atoms with Gasteiger partial charge in [0.15, 0.2) is 0 Å². The molecule has 2 fully saturated rings. The molecule has 4 atom stereocenters. The van der Waals surface area contributed by atoms with E-state index in [0.29, 0.717) is 30.8 Å². The molecule has 2 aromatic rings. The van der Waals surface area contributed by atoms with Gasteiger partial charge in [-0.25, -0.2) is 17.6 Å². The normalized spacial score (nSPS) is 21.9. The van der Waals surface area contributed by atoms with Crippen LogP contribution in [-0.2, 0) is 21.2 Å². The fourth-order valence-corrected chi connectivity index (χ4v) is 7.33. The van der Waals surface area contributed by atoms with Gasteiger partial charge in [0.1, 0.15) is 22.9 Å². The number of fused-ring (bicyclic) bond motifs is 3. The Balaban J connectivity index is 0.00000189. The van der Waals surface area contributed by atoms with E-state index in [0.717, 1.165) is 56.2 Å². The topological polar surface area (TPSA) is 113 Å². The summed E-state index contributed by atoms with van der Waals surface area (Å²) in [6.07, 6.45) is 2.76. The lowest BCUT2D eigenvalue weighted by Crippen LogP contribution is -2.22. The predicted molar refractivity (Wildman–Crippen MR) is 156 cm³/mol. The van der Waals surface area contributed by atoms with Crippen LogP contribution < -0.4 is 9.46 Å². The standard InChI is InChI=1S/C29H35FN2O6S.C2H6/c1-3-32-11-10-18(15-32)17(2)4-6-22(33)13-19-12-21(30)5-9-26(19)39(36,37)31-25-8-7-23-24-14-20(24)16-38-28(23)27(25)29(34)35;1-2/h5,7-9,12,17-18,20,24,31H,3-4,6,10-11,13-16H2,1-2H3,(H,34,35);1-2H3. The first-order chi connectivity index (χ1) is 19.6. The van der Waals surface area contributed by atoms with Crippen LogP contribution in [0.1, 0.15) is 80.8 Å². The number of aromatic carboxylic acids is 1. The molecule has 1 saturated heterocycles. The lowest BCUT2D eigenvalue weighted by Gasteiger charge is -2.21. The third-order valence-corrected chi connectivity index (χ3v) is 10.0. The maximum Gasteiger partial charge on any atom is 0.341 e. The van der Waals surface area contributed by atoms with Crippen LogP contribution in [0.15, 0.2) is 35.2 Å². The molecule has 2 heterocycles. The van der Waals surface area contributed by atoms with E-state index in [9.17, 15) is 27.5 Å². The summed E-state index contributed by atoms with van der Waals surface area (Å²) >= 11 is 0. The third kappa shape index (κ3) is 6.92. The maximum atomic E-state index is 14.2. The first-order valence-corrected chi connectivity index (χ1v) is 16.1. The SMILES string of the molecule is CC.CCN1CCC(C(C)CCC(=O)Cc2cc(F)ccc2S(=O)(=O)Nc2ccc3c(c2C(=O)O)OCC2CC32)C1. The lowest BCUT2D eigenvalue weighted by atomic mass is 9.88. The average molecular weight is 589 g/mol. The molecule has 1 saturated carbocycles. The number of Topliss-reactive ketones (excluding diaryl/α,β-unsaturated/α-hetero) is 1. The number of carbonyl (C=O) groups is 2. The van der Waals surface area contributed by atoms with Crippen molar-refractivity contribution in [3.05, 3.63) is 52.8 Å². The van der Waals surface area contributed by atoms with E-state index in [-0.39, 0.29) is 52.0 Å². The highest BCUT2D eigenvalue weighted by molar-refractivity contribution is 7.92. The smallest absolute Gasteiger partial charge is 0.341 e. The molecule has 0 aromatic heterocycles. The molecule has 4 unspecified atom stereocenters. The minimum absolute atomic E-state index is 0.0464. The Labute approximate surface area is 242 Å². The molecule has 0 bridgehead atoms. The number of ketones is 1. The van der Waals surface area contributed by atoms with Gasteiger partial charge in [0, 0.05) is 25.3 Å². The van der Waals surface area contributed by atoms with Crippen LogP contribution >= 0.6 is 0 Å². The van der Waals surface area contributed by atoms with Gasteiger partial charge >= 0.3 is 5.97 Å². The molecule has 1 aliphatic carbocycles. The summed E-state index contributed by atoms with van der Waals surface area (Å²) in [5, 5.41) is 9.90. The van der Waals surface area contributed by atoms with Gasteiger partial charge in [0.25, 0.3) is 10.0 Å². The number of nitrogens with one attached hydrogen (secondary N) is 1. The predicted octanol–water partition coefficient (Wildman–Crippen LogP) is 5.72. The number of hydrogen-bond acceptors (Lipinski definition) is 6. The molecule has 8 nitrogen and oxygen atoms in total. The van der Waals surface area contributed by atoms with Gasteiger partial charge in [0.05, 0.1) is 17.2 Å². The van der Waals surface area contributed by atoms with Crippen molar-refractivity contribution in [2.45, 2.75) is 70.6 Å². The Hall–Kier alpha value is -2.98. The van der Waals surface area contributed by atoms with E-state index in [1.54, 1.807) is 6.07 Å². The zero-order valence-electron chi connectivity index (χ0n) is 24.3. The molecule has 224 valence electrons. The van der Waals surface area contributed by atoms with Gasteiger partial charge < -0.3 is 14.7 Å². The number of carboxylic acids is 1. The number of anilines is 1. The van der Waals surface area contributed by atoms with E-state index >= 15 is 0 Å². The molecule has 2 aromatic carbocycles. The average Bonchev–Trinajstić information content (AvgIpc) is 3.58. The van der Waals surface area contributed by atoms with Crippen molar-refractivity contribution in [1.29, 1.82) is 0 Å². The Bertz CT molecular complexity index is 1400. The number of hydrogen-bond donors (Lipinski definition) is 2.